The molecule has 7 nitrogen and oxygen atoms in total. The lowest BCUT2D eigenvalue weighted by atomic mass is 9.89. The number of nitro groups is 1. The van der Waals surface area contributed by atoms with Crippen molar-refractivity contribution in [2.24, 2.45) is 0 Å². The van der Waals surface area contributed by atoms with E-state index in [9.17, 15) is 20.2 Å². The molecule has 0 saturated carbocycles. The molecule has 8 heteroatoms. The van der Waals surface area contributed by atoms with E-state index in [1.165, 1.54) is 23.9 Å². The zero-order valence-electron chi connectivity index (χ0n) is 17.8. The number of hydrogen-bond donors (Lipinski definition) is 1. The number of non-ortho nitro benzene ring substituents is 1. The number of nitrogens with one attached hydrogen (secondary N) is 1. The molecule has 3 aromatic carbocycles. The van der Waals surface area contributed by atoms with Gasteiger partial charge in [-0.05, 0) is 28.3 Å². The van der Waals surface area contributed by atoms with Crippen LogP contribution in [0.2, 0.25) is 0 Å². The van der Waals surface area contributed by atoms with Gasteiger partial charge in [0.15, 0.2) is 5.16 Å². The Balaban J connectivity index is 1.71. The maximum Gasteiger partial charge on any atom is 0.269 e. The highest BCUT2D eigenvalue weighted by molar-refractivity contribution is 7.98. The third kappa shape index (κ3) is 4.64. The molecule has 0 bridgehead atoms. The molecule has 1 heterocycles. The Labute approximate surface area is 194 Å². The van der Waals surface area contributed by atoms with E-state index in [0.29, 0.717) is 28.6 Å². The maximum absolute atomic E-state index is 12.8. The zero-order valence-corrected chi connectivity index (χ0v) is 18.6. The summed E-state index contributed by atoms with van der Waals surface area (Å²) in [5.74, 6) is -0.218. The first-order valence-electron chi connectivity index (χ1n) is 10.4. The van der Waals surface area contributed by atoms with Crippen LogP contribution in [0.4, 0.5) is 5.69 Å². The van der Waals surface area contributed by atoms with Crippen LogP contribution in [0.1, 0.15) is 35.2 Å². The number of nitrogens with zero attached hydrogens (tertiary/aromatic N) is 3. The van der Waals surface area contributed by atoms with Crippen molar-refractivity contribution in [3.8, 4) is 6.07 Å². The summed E-state index contributed by atoms with van der Waals surface area (Å²) < 4.78 is 0. The zero-order chi connectivity index (χ0) is 23.4. The normalized spacial score (nSPS) is 11.8. The monoisotopic (exact) mass is 456 g/mol. The number of H-pyrrole nitrogens is 1. The van der Waals surface area contributed by atoms with Gasteiger partial charge in [0.1, 0.15) is 5.92 Å². The van der Waals surface area contributed by atoms with Gasteiger partial charge < -0.3 is 4.98 Å². The molecule has 1 N–H and O–H groups in total. The van der Waals surface area contributed by atoms with Crippen LogP contribution in [-0.2, 0) is 12.2 Å². The summed E-state index contributed by atoms with van der Waals surface area (Å²) in [6.45, 7) is 1.87. The molecule has 1 unspecified atom stereocenters. The van der Waals surface area contributed by atoms with Crippen LogP contribution < -0.4 is 5.56 Å². The molecule has 1 atom stereocenters. The van der Waals surface area contributed by atoms with Gasteiger partial charge in [-0.3, -0.25) is 14.9 Å². The van der Waals surface area contributed by atoms with Crippen molar-refractivity contribution in [2.45, 2.75) is 30.2 Å². The predicted octanol–water partition coefficient (Wildman–Crippen LogP) is 5.34. The van der Waals surface area contributed by atoms with E-state index >= 15 is 0 Å². The summed E-state index contributed by atoms with van der Waals surface area (Å²) in [6, 6.07) is 22.3. The second-order valence-corrected chi connectivity index (χ2v) is 8.40. The molecule has 0 fully saturated rings. The highest BCUT2D eigenvalue weighted by Crippen LogP contribution is 2.32. The molecule has 0 saturated heterocycles. The molecular weight excluding hydrogens is 436 g/mol. The third-order valence-corrected chi connectivity index (χ3v) is 6.38. The van der Waals surface area contributed by atoms with Gasteiger partial charge in [0.05, 0.1) is 16.7 Å². The highest BCUT2D eigenvalue weighted by Gasteiger charge is 2.23. The minimum Gasteiger partial charge on any atom is -0.301 e. The molecule has 0 aliphatic rings. The second-order valence-electron chi connectivity index (χ2n) is 7.43. The SMILES string of the molecule is CCc1c(C(C#N)c2cccc3ccccc23)nc(SCc2ccc([N+](=O)[O-])cc2)[nH]c1=O. The standard InChI is InChI=1S/C25H20N4O3S/c1-2-19-23(22(14-26)21-9-5-7-17-6-3-4-8-20(17)21)27-25(28-24(19)30)33-15-16-10-12-18(13-11-16)29(31)32/h3-13,22H,2,15H2,1H3,(H,27,28,30). The van der Waals surface area contributed by atoms with Crippen LogP contribution in [0.5, 0.6) is 0 Å². The van der Waals surface area contributed by atoms with Gasteiger partial charge in [0, 0.05) is 23.4 Å². The summed E-state index contributed by atoms with van der Waals surface area (Å²) in [4.78, 5) is 30.8. The van der Waals surface area contributed by atoms with Gasteiger partial charge in [-0.1, -0.05) is 73.3 Å². The number of fused-ring (bicyclic) bond motifs is 1. The molecule has 164 valence electrons. The van der Waals surface area contributed by atoms with E-state index in [-0.39, 0.29) is 11.2 Å². The lowest BCUT2D eigenvalue weighted by Gasteiger charge is -2.16. The Morgan fingerprint density at radius 2 is 1.85 bits per heavy atom. The van der Waals surface area contributed by atoms with Crippen molar-refractivity contribution >= 4 is 28.2 Å². The van der Waals surface area contributed by atoms with Crippen LogP contribution in [0.3, 0.4) is 0 Å². The molecule has 4 aromatic rings. The molecule has 33 heavy (non-hydrogen) atoms. The molecule has 4 rings (SSSR count). The molecular formula is C25H20N4O3S. The van der Waals surface area contributed by atoms with E-state index in [2.05, 4.69) is 11.1 Å². The maximum atomic E-state index is 12.8. The largest absolute Gasteiger partial charge is 0.301 e. The smallest absolute Gasteiger partial charge is 0.269 e. The van der Waals surface area contributed by atoms with Crippen LogP contribution >= 0.6 is 11.8 Å². The van der Waals surface area contributed by atoms with Crippen LogP contribution in [-0.4, -0.2) is 14.9 Å². The van der Waals surface area contributed by atoms with E-state index in [1.807, 2.05) is 49.4 Å². The molecule has 0 radical (unpaired) electrons. The predicted molar refractivity (Wildman–Crippen MR) is 128 cm³/mol. The van der Waals surface area contributed by atoms with Crippen molar-refractivity contribution in [3.05, 3.63) is 110 Å². The van der Waals surface area contributed by atoms with Gasteiger partial charge in [-0.2, -0.15) is 5.26 Å². The quantitative estimate of drug-likeness (QED) is 0.174. The average Bonchev–Trinajstić information content (AvgIpc) is 2.83. The summed E-state index contributed by atoms with van der Waals surface area (Å²) in [6.07, 6.45) is 0.452. The molecule has 0 spiro atoms. The van der Waals surface area contributed by atoms with Crippen molar-refractivity contribution in [3.63, 3.8) is 0 Å². The van der Waals surface area contributed by atoms with Crippen molar-refractivity contribution in [1.82, 2.24) is 9.97 Å². The summed E-state index contributed by atoms with van der Waals surface area (Å²) in [7, 11) is 0. The Hall–Kier alpha value is -3.96. The first-order valence-corrected chi connectivity index (χ1v) is 11.4. The van der Waals surface area contributed by atoms with Crippen molar-refractivity contribution < 1.29 is 4.92 Å². The van der Waals surface area contributed by atoms with Gasteiger partial charge in [-0.25, -0.2) is 4.98 Å². The van der Waals surface area contributed by atoms with Crippen molar-refractivity contribution in [2.75, 3.05) is 0 Å². The Morgan fingerprint density at radius 3 is 2.55 bits per heavy atom. The molecule has 0 aliphatic carbocycles. The summed E-state index contributed by atoms with van der Waals surface area (Å²) in [5, 5.41) is 23.3. The van der Waals surface area contributed by atoms with E-state index in [0.717, 1.165) is 21.9 Å². The first-order chi connectivity index (χ1) is 16.0. The van der Waals surface area contributed by atoms with Crippen molar-refractivity contribution in [1.29, 1.82) is 5.26 Å². The van der Waals surface area contributed by atoms with Gasteiger partial charge >= 0.3 is 0 Å². The Kier molecular flexibility index (Phi) is 6.52. The fourth-order valence-electron chi connectivity index (χ4n) is 3.79. The minimum atomic E-state index is -0.688. The number of aromatic amines is 1. The topological polar surface area (TPSA) is 113 Å². The average molecular weight is 457 g/mol. The number of thioether (sulfide) groups is 1. The highest BCUT2D eigenvalue weighted by atomic mass is 32.2. The number of hydrogen-bond acceptors (Lipinski definition) is 6. The van der Waals surface area contributed by atoms with Gasteiger partial charge in [0.2, 0.25) is 0 Å². The van der Waals surface area contributed by atoms with Crippen LogP contribution in [0.15, 0.2) is 76.7 Å². The minimum absolute atomic E-state index is 0.0248. The summed E-state index contributed by atoms with van der Waals surface area (Å²) in [5.41, 5.74) is 2.40. The number of aromatic nitrogens is 2. The third-order valence-electron chi connectivity index (χ3n) is 5.44. The van der Waals surface area contributed by atoms with Gasteiger partial charge in [0.25, 0.3) is 11.2 Å². The summed E-state index contributed by atoms with van der Waals surface area (Å²) >= 11 is 1.32. The lowest BCUT2D eigenvalue weighted by molar-refractivity contribution is -0.384. The molecule has 1 aromatic heterocycles. The number of benzene rings is 3. The molecule has 0 amide bonds. The number of rotatable bonds is 7. The Morgan fingerprint density at radius 1 is 1.12 bits per heavy atom. The van der Waals surface area contributed by atoms with Crippen LogP contribution in [0, 0.1) is 21.4 Å². The molecule has 0 aliphatic heterocycles. The number of nitriles is 1. The second kappa shape index (κ2) is 9.67. The van der Waals surface area contributed by atoms with Crippen LogP contribution in [0.25, 0.3) is 10.8 Å². The van der Waals surface area contributed by atoms with E-state index in [4.69, 9.17) is 4.98 Å². The fourth-order valence-corrected chi connectivity index (χ4v) is 4.61. The van der Waals surface area contributed by atoms with E-state index < -0.39 is 10.8 Å². The fraction of sp³-hybridized carbons (Fsp3) is 0.160. The van der Waals surface area contributed by atoms with E-state index in [1.54, 1.807) is 12.1 Å². The lowest BCUT2D eigenvalue weighted by Crippen LogP contribution is -2.20. The Bertz CT molecular complexity index is 1420. The first kappa shape index (κ1) is 22.2. The number of nitro benzene ring substituents is 1. The van der Waals surface area contributed by atoms with Gasteiger partial charge in [-0.15, -0.1) is 0 Å².